The number of hydrogen-bond acceptors (Lipinski definition) is 4. The van der Waals surface area contributed by atoms with Crippen LogP contribution in [0, 0.1) is 0 Å². The zero-order chi connectivity index (χ0) is 15.7. The molecule has 1 aromatic carbocycles. The Kier molecular flexibility index (Phi) is 3.89. The zero-order valence-electron chi connectivity index (χ0n) is 12.0. The summed E-state index contributed by atoms with van der Waals surface area (Å²) < 4.78 is 5.35. The molecule has 2 heterocycles. The van der Waals surface area contributed by atoms with E-state index < -0.39 is 5.41 Å². The number of rotatable bonds is 3. The van der Waals surface area contributed by atoms with E-state index in [9.17, 15) is 0 Å². The van der Waals surface area contributed by atoms with Crippen LogP contribution in [0.3, 0.4) is 0 Å². The summed E-state index contributed by atoms with van der Waals surface area (Å²) in [7, 11) is 0. The summed E-state index contributed by atoms with van der Waals surface area (Å²) in [5, 5.41) is 5.24. The van der Waals surface area contributed by atoms with Crippen molar-refractivity contribution >= 4 is 23.2 Å². The van der Waals surface area contributed by atoms with E-state index in [1.54, 1.807) is 24.5 Å². The van der Waals surface area contributed by atoms with Gasteiger partial charge in [0.05, 0.1) is 11.0 Å². The number of aromatic nitrogens is 3. The van der Waals surface area contributed by atoms with E-state index in [0.717, 1.165) is 11.1 Å². The number of nitrogens with zero attached hydrogens (tertiary/aromatic N) is 3. The molecule has 0 bridgehead atoms. The van der Waals surface area contributed by atoms with Gasteiger partial charge in [0.2, 0.25) is 0 Å². The highest BCUT2D eigenvalue weighted by molar-refractivity contribution is 6.36. The van der Waals surface area contributed by atoms with Gasteiger partial charge in [-0.05, 0) is 38.1 Å². The van der Waals surface area contributed by atoms with Crippen LogP contribution in [0.25, 0.3) is 11.5 Å². The van der Waals surface area contributed by atoms with Crippen LogP contribution in [0.2, 0.25) is 10.0 Å². The molecular formula is C16H13Cl2N3O. The smallest absolute Gasteiger partial charge is 0.259 e. The first-order valence-electron chi connectivity index (χ1n) is 6.69. The Morgan fingerprint density at radius 3 is 2.41 bits per heavy atom. The van der Waals surface area contributed by atoms with E-state index in [1.165, 1.54) is 0 Å². The first-order chi connectivity index (χ1) is 10.5. The van der Waals surface area contributed by atoms with Crippen molar-refractivity contribution in [3.63, 3.8) is 0 Å². The molecule has 112 valence electrons. The molecule has 6 heteroatoms. The van der Waals surface area contributed by atoms with E-state index in [-0.39, 0.29) is 0 Å². The van der Waals surface area contributed by atoms with Gasteiger partial charge in [0.1, 0.15) is 0 Å². The number of hydrogen-bond donors (Lipinski definition) is 0. The molecule has 0 aliphatic rings. The highest BCUT2D eigenvalue weighted by atomic mass is 35.5. The molecule has 0 amide bonds. The van der Waals surface area contributed by atoms with E-state index in [2.05, 4.69) is 15.1 Å². The number of pyridine rings is 1. The summed E-state index contributed by atoms with van der Waals surface area (Å²) in [5.41, 5.74) is 0.957. The normalized spacial score (nSPS) is 11.6. The van der Waals surface area contributed by atoms with Crippen molar-refractivity contribution < 1.29 is 4.52 Å². The molecule has 0 saturated carbocycles. The molecule has 0 saturated heterocycles. The predicted molar refractivity (Wildman–Crippen MR) is 86.1 cm³/mol. The van der Waals surface area contributed by atoms with E-state index >= 15 is 0 Å². The van der Waals surface area contributed by atoms with E-state index in [0.29, 0.717) is 21.8 Å². The fourth-order valence-corrected chi connectivity index (χ4v) is 3.16. The fraction of sp³-hybridized carbons (Fsp3) is 0.188. The monoisotopic (exact) mass is 333 g/mol. The van der Waals surface area contributed by atoms with Gasteiger partial charge in [-0.3, -0.25) is 4.98 Å². The first-order valence-corrected chi connectivity index (χ1v) is 7.45. The quantitative estimate of drug-likeness (QED) is 0.693. The van der Waals surface area contributed by atoms with Crippen molar-refractivity contribution in [1.82, 2.24) is 15.1 Å². The van der Waals surface area contributed by atoms with Gasteiger partial charge >= 0.3 is 0 Å². The van der Waals surface area contributed by atoms with Crippen LogP contribution in [0.15, 0.2) is 47.2 Å². The minimum Gasteiger partial charge on any atom is -0.334 e. The molecule has 3 aromatic rings. The van der Waals surface area contributed by atoms with Crippen LogP contribution in [0.5, 0.6) is 0 Å². The van der Waals surface area contributed by atoms with Crippen molar-refractivity contribution in [3.05, 3.63) is 64.2 Å². The largest absolute Gasteiger partial charge is 0.334 e. The summed E-state index contributed by atoms with van der Waals surface area (Å²) in [6.07, 6.45) is 3.36. The molecule has 0 atom stereocenters. The Morgan fingerprint density at radius 2 is 1.77 bits per heavy atom. The number of halogens is 2. The summed E-state index contributed by atoms with van der Waals surface area (Å²) >= 11 is 12.6. The van der Waals surface area contributed by atoms with Gasteiger partial charge in [0.15, 0.2) is 5.82 Å². The molecule has 0 aliphatic carbocycles. The first kappa shape index (κ1) is 15.0. The van der Waals surface area contributed by atoms with Crippen LogP contribution < -0.4 is 0 Å². The topological polar surface area (TPSA) is 51.8 Å². The van der Waals surface area contributed by atoms with Crippen molar-refractivity contribution in [2.24, 2.45) is 0 Å². The molecule has 2 aromatic heterocycles. The van der Waals surface area contributed by atoms with Crippen molar-refractivity contribution in [3.8, 4) is 11.5 Å². The highest BCUT2D eigenvalue weighted by Gasteiger charge is 2.33. The highest BCUT2D eigenvalue weighted by Crippen LogP contribution is 2.39. The van der Waals surface area contributed by atoms with Crippen molar-refractivity contribution in [2.45, 2.75) is 19.3 Å². The van der Waals surface area contributed by atoms with Crippen LogP contribution in [0.1, 0.15) is 25.2 Å². The molecule has 0 N–H and O–H groups in total. The third-order valence-electron chi connectivity index (χ3n) is 3.48. The molecular weight excluding hydrogens is 321 g/mol. The lowest BCUT2D eigenvalue weighted by Crippen LogP contribution is -2.22. The molecule has 3 rings (SSSR count). The van der Waals surface area contributed by atoms with Gasteiger partial charge in [0.25, 0.3) is 5.89 Å². The summed E-state index contributed by atoms with van der Waals surface area (Å²) in [6.45, 7) is 3.91. The maximum absolute atomic E-state index is 6.31. The summed E-state index contributed by atoms with van der Waals surface area (Å²) in [5.74, 6) is 0.931. The second-order valence-electron chi connectivity index (χ2n) is 5.39. The Morgan fingerprint density at radius 1 is 1.05 bits per heavy atom. The molecule has 0 radical (unpaired) electrons. The number of benzene rings is 1. The van der Waals surface area contributed by atoms with E-state index in [4.69, 9.17) is 27.7 Å². The molecule has 0 spiro atoms. The molecule has 4 nitrogen and oxygen atoms in total. The second-order valence-corrected chi connectivity index (χ2v) is 6.20. The van der Waals surface area contributed by atoms with Crippen LogP contribution in [-0.4, -0.2) is 15.1 Å². The molecule has 22 heavy (non-hydrogen) atoms. The van der Waals surface area contributed by atoms with Gasteiger partial charge in [-0.2, -0.15) is 4.98 Å². The molecule has 0 fully saturated rings. The Bertz CT molecular complexity index is 780. The maximum Gasteiger partial charge on any atom is 0.259 e. The van der Waals surface area contributed by atoms with Gasteiger partial charge in [-0.15, -0.1) is 0 Å². The van der Waals surface area contributed by atoms with Gasteiger partial charge in [-0.25, -0.2) is 0 Å². The van der Waals surface area contributed by atoms with E-state index in [1.807, 2.05) is 32.0 Å². The minimum atomic E-state index is -0.584. The average molecular weight is 334 g/mol. The van der Waals surface area contributed by atoms with Crippen molar-refractivity contribution in [2.75, 3.05) is 0 Å². The fourth-order valence-electron chi connectivity index (χ4n) is 2.29. The standard InChI is InChI=1S/C16H13Cl2N3O/c1-16(2,13-11(17)6-3-7-12(13)18)15-20-14(22-21-15)10-5-4-8-19-9-10/h3-9H,1-2H3. The minimum absolute atomic E-state index is 0.416. The lowest BCUT2D eigenvalue weighted by atomic mass is 9.84. The predicted octanol–water partition coefficient (Wildman–Crippen LogP) is 4.76. The third kappa shape index (κ3) is 2.60. The third-order valence-corrected chi connectivity index (χ3v) is 4.11. The lowest BCUT2D eigenvalue weighted by Gasteiger charge is -2.23. The van der Waals surface area contributed by atoms with Crippen LogP contribution in [-0.2, 0) is 5.41 Å². The SMILES string of the molecule is CC(C)(c1noc(-c2cccnc2)n1)c1c(Cl)cccc1Cl. The summed E-state index contributed by atoms with van der Waals surface area (Å²) in [4.78, 5) is 8.52. The zero-order valence-corrected chi connectivity index (χ0v) is 13.6. The Balaban J connectivity index is 2.05. The van der Waals surface area contributed by atoms with Gasteiger partial charge in [-0.1, -0.05) is 34.4 Å². The second kappa shape index (κ2) is 5.71. The summed E-state index contributed by atoms with van der Waals surface area (Å²) in [6, 6.07) is 9.08. The van der Waals surface area contributed by atoms with Gasteiger partial charge in [0, 0.05) is 28.0 Å². The molecule has 0 unspecified atom stereocenters. The Hall–Kier alpha value is -1.91. The average Bonchev–Trinajstić information content (AvgIpc) is 2.98. The lowest BCUT2D eigenvalue weighted by molar-refractivity contribution is 0.408. The Labute approximate surface area is 138 Å². The van der Waals surface area contributed by atoms with Crippen molar-refractivity contribution in [1.29, 1.82) is 0 Å². The van der Waals surface area contributed by atoms with Gasteiger partial charge < -0.3 is 4.52 Å². The van der Waals surface area contributed by atoms with Crippen LogP contribution >= 0.6 is 23.2 Å². The van der Waals surface area contributed by atoms with Crippen LogP contribution in [0.4, 0.5) is 0 Å². The maximum atomic E-state index is 6.31. The molecule has 0 aliphatic heterocycles.